The van der Waals surface area contributed by atoms with Gasteiger partial charge in [-0.3, -0.25) is 15.0 Å². The van der Waals surface area contributed by atoms with E-state index in [9.17, 15) is 9.59 Å². The van der Waals surface area contributed by atoms with E-state index in [-0.39, 0.29) is 11.9 Å². The number of aromatic nitrogens is 2. The summed E-state index contributed by atoms with van der Waals surface area (Å²) in [5, 5.41) is 2.31. The summed E-state index contributed by atoms with van der Waals surface area (Å²) in [5.74, 6) is 0.438. The van der Waals surface area contributed by atoms with Gasteiger partial charge < -0.3 is 4.57 Å². The van der Waals surface area contributed by atoms with Crippen molar-refractivity contribution in [3.8, 4) is 0 Å². The van der Waals surface area contributed by atoms with Crippen LogP contribution in [0, 0.1) is 0 Å². The lowest BCUT2D eigenvalue weighted by atomic mass is 10.3. The van der Waals surface area contributed by atoms with Gasteiger partial charge in [0.1, 0.15) is 0 Å². The molecule has 3 amide bonds. The van der Waals surface area contributed by atoms with Crippen LogP contribution in [0.5, 0.6) is 0 Å². The molecule has 0 saturated carbocycles. The van der Waals surface area contributed by atoms with Gasteiger partial charge in [0, 0.05) is 25.7 Å². The van der Waals surface area contributed by atoms with E-state index in [1.807, 2.05) is 11.6 Å². The topological polar surface area (TPSA) is 67.2 Å². The van der Waals surface area contributed by atoms with Gasteiger partial charge in [0.15, 0.2) is 0 Å². The van der Waals surface area contributed by atoms with Crippen LogP contribution >= 0.6 is 0 Å². The standard InChI is InChI=1S/C11H14N4O2/c1-14-8-4-2-3-7(8)12-10(14)15-6-5-9(16)13-11(15)17/h2-6H2,1H3,(H,13,16,17). The number of aryl methyl sites for hydroxylation is 1. The predicted molar refractivity (Wildman–Crippen MR) is 60.7 cm³/mol. The summed E-state index contributed by atoms with van der Waals surface area (Å²) in [5.41, 5.74) is 2.30. The highest BCUT2D eigenvalue weighted by atomic mass is 16.2. The van der Waals surface area contributed by atoms with Crippen molar-refractivity contribution in [3.63, 3.8) is 0 Å². The van der Waals surface area contributed by atoms with Crippen LogP contribution in [-0.2, 0) is 24.7 Å². The van der Waals surface area contributed by atoms with Gasteiger partial charge in [-0.05, 0) is 19.3 Å². The fourth-order valence-electron chi connectivity index (χ4n) is 2.51. The molecule has 1 aromatic rings. The second-order valence-corrected chi connectivity index (χ2v) is 4.47. The summed E-state index contributed by atoms with van der Waals surface area (Å²) in [6.45, 7) is 0.411. The van der Waals surface area contributed by atoms with Crippen molar-refractivity contribution in [1.29, 1.82) is 0 Å². The van der Waals surface area contributed by atoms with E-state index in [0.717, 1.165) is 25.0 Å². The van der Waals surface area contributed by atoms with Crippen molar-refractivity contribution >= 4 is 17.9 Å². The Kier molecular flexibility index (Phi) is 2.17. The van der Waals surface area contributed by atoms with Gasteiger partial charge in [-0.1, -0.05) is 0 Å². The fourth-order valence-corrected chi connectivity index (χ4v) is 2.51. The first-order valence-electron chi connectivity index (χ1n) is 5.82. The summed E-state index contributed by atoms with van der Waals surface area (Å²) >= 11 is 0. The number of imide groups is 1. The maximum Gasteiger partial charge on any atom is 0.330 e. The number of amides is 3. The lowest BCUT2D eigenvalue weighted by molar-refractivity contribution is -0.120. The molecule has 1 N–H and O–H groups in total. The van der Waals surface area contributed by atoms with Gasteiger partial charge in [-0.15, -0.1) is 0 Å². The SMILES string of the molecule is Cn1c(N2CCC(=O)NC2=O)nc2c1CCC2. The molecule has 0 spiro atoms. The average molecular weight is 234 g/mol. The van der Waals surface area contributed by atoms with Crippen molar-refractivity contribution in [2.75, 3.05) is 11.4 Å². The Hall–Kier alpha value is -1.85. The van der Waals surface area contributed by atoms with Crippen LogP contribution in [0.15, 0.2) is 0 Å². The minimum atomic E-state index is -0.368. The summed E-state index contributed by atoms with van der Waals surface area (Å²) in [7, 11) is 1.93. The van der Waals surface area contributed by atoms with E-state index < -0.39 is 0 Å². The Morgan fingerprint density at radius 3 is 2.76 bits per heavy atom. The van der Waals surface area contributed by atoms with Crippen molar-refractivity contribution in [2.24, 2.45) is 7.05 Å². The van der Waals surface area contributed by atoms with Crippen LogP contribution < -0.4 is 10.2 Å². The van der Waals surface area contributed by atoms with E-state index in [2.05, 4.69) is 10.3 Å². The number of nitrogens with one attached hydrogen (secondary N) is 1. The van der Waals surface area contributed by atoms with E-state index in [1.54, 1.807) is 4.90 Å². The van der Waals surface area contributed by atoms with Gasteiger partial charge in [-0.2, -0.15) is 0 Å². The number of hydrogen-bond acceptors (Lipinski definition) is 3. The van der Waals surface area contributed by atoms with E-state index >= 15 is 0 Å². The number of nitrogens with zero attached hydrogens (tertiary/aromatic N) is 3. The van der Waals surface area contributed by atoms with E-state index in [0.29, 0.717) is 18.9 Å². The minimum absolute atomic E-state index is 0.215. The van der Waals surface area contributed by atoms with Crippen molar-refractivity contribution in [1.82, 2.24) is 14.9 Å². The highest BCUT2D eigenvalue weighted by Gasteiger charge is 2.30. The van der Waals surface area contributed by atoms with E-state index in [4.69, 9.17) is 0 Å². The van der Waals surface area contributed by atoms with Crippen molar-refractivity contribution < 1.29 is 9.59 Å². The molecular formula is C11H14N4O2. The monoisotopic (exact) mass is 234 g/mol. The van der Waals surface area contributed by atoms with Crippen LogP contribution in [0.1, 0.15) is 24.2 Å². The van der Waals surface area contributed by atoms with Gasteiger partial charge in [-0.25, -0.2) is 9.78 Å². The molecule has 0 unspecified atom stereocenters. The lowest BCUT2D eigenvalue weighted by Gasteiger charge is -2.25. The molecule has 0 atom stereocenters. The Morgan fingerprint density at radius 1 is 1.24 bits per heavy atom. The molecule has 2 heterocycles. The molecule has 3 rings (SSSR count). The quantitative estimate of drug-likeness (QED) is 0.762. The Balaban J connectivity index is 1.94. The maximum absolute atomic E-state index is 11.7. The van der Waals surface area contributed by atoms with Crippen molar-refractivity contribution in [3.05, 3.63) is 11.4 Å². The highest BCUT2D eigenvalue weighted by Crippen LogP contribution is 2.26. The number of rotatable bonds is 1. The number of anilines is 1. The van der Waals surface area contributed by atoms with E-state index in [1.165, 1.54) is 5.69 Å². The van der Waals surface area contributed by atoms with Crippen LogP contribution in [-0.4, -0.2) is 28.0 Å². The molecule has 1 aliphatic heterocycles. The molecule has 1 aromatic heterocycles. The molecule has 6 nitrogen and oxygen atoms in total. The molecule has 0 radical (unpaired) electrons. The second-order valence-electron chi connectivity index (χ2n) is 4.47. The van der Waals surface area contributed by atoms with Crippen LogP contribution in [0.25, 0.3) is 0 Å². The first kappa shape index (κ1) is 10.3. The Bertz CT molecular complexity index is 506. The zero-order chi connectivity index (χ0) is 12.0. The first-order valence-corrected chi connectivity index (χ1v) is 5.82. The molecule has 17 heavy (non-hydrogen) atoms. The molecule has 1 aliphatic carbocycles. The van der Waals surface area contributed by atoms with Crippen LogP contribution in [0.4, 0.5) is 10.7 Å². The molecular weight excluding hydrogens is 220 g/mol. The smallest absolute Gasteiger partial charge is 0.317 e. The highest BCUT2D eigenvalue weighted by molar-refractivity contribution is 6.04. The molecule has 0 aromatic carbocycles. The molecule has 1 saturated heterocycles. The molecule has 2 aliphatic rings. The van der Waals surface area contributed by atoms with Gasteiger partial charge in [0.25, 0.3) is 0 Å². The minimum Gasteiger partial charge on any atom is -0.317 e. The third-order valence-electron chi connectivity index (χ3n) is 3.40. The second kappa shape index (κ2) is 3.58. The fraction of sp³-hybridized carbons (Fsp3) is 0.545. The zero-order valence-electron chi connectivity index (χ0n) is 9.69. The number of carbonyl (C=O) groups excluding carboxylic acids is 2. The number of urea groups is 1. The maximum atomic E-state index is 11.7. The van der Waals surface area contributed by atoms with Crippen LogP contribution in [0.2, 0.25) is 0 Å². The van der Waals surface area contributed by atoms with Crippen molar-refractivity contribution in [2.45, 2.75) is 25.7 Å². The van der Waals surface area contributed by atoms with Crippen LogP contribution in [0.3, 0.4) is 0 Å². The number of imidazole rings is 1. The number of hydrogen-bond donors (Lipinski definition) is 1. The molecule has 90 valence electrons. The number of carbonyl (C=O) groups is 2. The molecule has 0 bridgehead atoms. The average Bonchev–Trinajstić information content (AvgIpc) is 2.83. The molecule has 6 heteroatoms. The Labute approximate surface area is 98.6 Å². The van der Waals surface area contributed by atoms with Gasteiger partial charge >= 0.3 is 6.03 Å². The first-order chi connectivity index (χ1) is 8.16. The third kappa shape index (κ3) is 1.51. The summed E-state index contributed by atoms with van der Waals surface area (Å²) in [4.78, 5) is 28.9. The summed E-state index contributed by atoms with van der Waals surface area (Å²) in [6, 6.07) is -0.368. The summed E-state index contributed by atoms with van der Waals surface area (Å²) in [6.07, 6.45) is 3.48. The zero-order valence-corrected chi connectivity index (χ0v) is 9.69. The summed E-state index contributed by atoms with van der Waals surface area (Å²) < 4.78 is 1.97. The lowest BCUT2D eigenvalue weighted by Crippen LogP contribution is -2.50. The molecule has 1 fully saturated rings. The normalized spacial score (nSPS) is 19.5. The largest absolute Gasteiger partial charge is 0.330 e. The van der Waals surface area contributed by atoms with Gasteiger partial charge in [0.05, 0.1) is 5.69 Å². The predicted octanol–water partition coefficient (Wildman–Crippen LogP) is 0.355. The van der Waals surface area contributed by atoms with Gasteiger partial charge in [0.2, 0.25) is 11.9 Å². The number of fused-ring (bicyclic) bond motifs is 1. The third-order valence-corrected chi connectivity index (χ3v) is 3.40. The Morgan fingerprint density at radius 2 is 2.06 bits per heavy atom.